The van der Waals surface area contributed by atoms with Crippen molar-refractivity contribution in [3.63, 3.8) is 0 Å². The molecule has 1 aliphatic rings. The molecule has 3 nitrogen and oxygen atoms in total. The van der Waals surface area contributed by atoms with Crippen LogP contribution in [-0.2, 0) is 9.53 Å². The van der Waals surface area contributed by atoms with Crippen LogP contribution in [0.5, 0.6) is 0 Å². The van der Waals surface area contributed by atoms with Gasteiger partial charge in [0.1, 0.15) is 6.04 Å². The molecule has 0 saturated heterocycles. The number of carbonyl (C=O) groups is 1. The Kier molecular flexibility index (Phi) is 7.33. The Balaban J connectivity index is 2.31. The number of hydrogen-bond acceptors (Lipinski definition) is 3. The first-order chi connectivity index (χ1) is 8.71. The van der Waals surface area contributed by atoms with E-state index in [4.69, 9.17) is 4.74 Å². The molecule has 0 aromatic rings. The number of nitrogens with one attached hydrogen (secondary N) is 1. The quantitative estimate of drug-likeness (QED) is 0.710. The van der Waals surface area contributed by atoms with Crippen molar-refractivity contribution in [2.45, 2.75) is 77.8 Å². The Bertz CT molecular complexity index is 235. The van der Waals surface area contributed by atoms with Gasteiger partial charge in [-0.2, -0.15) is 0 Å². The van der Waals surface area contributed by atoms with Gasteiger partial charge in [-0.05, 0) is 44.9 Å². The van der Waals surface area contributed by atoms with Crippen LogP contribution in [0.1, 0.15) is 65.7 Å². The van der Waals surface area contributed by atoms with Crippen molar-refractivity contribution < 1.29 is 9.53 Å². The summed E-state index contributed by atoms with van der Waals surface area (Å²) in [6.07, 6.45) is 8.51. The van der Waals surface area contributed by atoms with Gasteiger partial charge in [0.05, 0.1) is 6.61 Å². The highest BCUT2D eigenvalue weighted by Gasteiger charge is 2.25. The third kappa shape index (κ3) is 4.97. The summed E-state index contributed by atoms with van der Waals surface area (Å²) in [4.78, 5) is 11.7. The second-order valence-corrected chi connectivity index (χ2v) is 5.39. The fourth-order valence-electron chi connectivity index (χ4n) is 2.91. The van der Waals surface area contributed by atoms with Crippen LogP contribution < -0.4 is 5.32 Å². The zero-order chi connectivity index (χ0) is 13.4. The average Bonchev–Trinajstić information content (AvgIpc) is 2.38. The lowest BCUT2D eigenvalue weighted by atomic mass is 9.83. The fraction of sp³-hybridized carbons (Fsp3) is 0.933. The minimum atomic E-state index is -0.113. The minimum Gasteiger partial charge on any atom is -0.465 e. The van der Waals surface area contributed by atoms with Crippen molar-refractivity contribution in [2.75, 3.05) is 6.61 Å². The van der Waals surface area contributed by atoms with Crippen LogP contribution in [0.2, 0.25) is 0 Å². The van der Waals surface area contributed by atoms with Gasteiger partial charge in [0.25, 0.3) is 0 Å². The Morgan fingerprint density at radius 1 is 1.22 bits per heavy atom. The van der Waals surface area contributed by atoms with E-state index in [1.807, 2.05) is 13.8 Å². The summed E-state index contributed by atoms with van der Waals surface area (Å²) in [5, 5.41) is 3.48. The van der Waals surface area contributed by atoms with Crippen LogP contribution in [0.25, 0.3) is 0 Å². The summed E-state index contributed by atoms with van der Waals surface area (Å²) in [7, 11) is 0. The predicted octanol–water partition coefficient (Wildman–Crippen LogP) is 3.28. The lowest BCUT2D eigenvalue weighted by Gasteiger charge is -2.31. The maximum absolute atomic E-state index is 11.7. The van der Waals surface area contributed by atoms with Crippen molar-refractivity contribution >= 4 is 5.97 Å². The second kappa shape index (κ2) is 8.52. The molecule has 1 aliphatic carbocycles. The number of rotatable bonds is 7. The molecule has 1 atom stereocenters. The monoisotopic (exact) mass is 255 g/mol. The first kappa shape index (κ1) is 15.5. The maximum atomic E-state index is 11.7. The van der Waals surface area contributed by atoms with E-state index in [0.29, 0.717) is 12.6 Å². The van der Waals surface area contributed by atoms with Gasteiger partial charge in [-0.25, -0.2) is 0 Å². The SMILES string of the molecule is CCCC1CCC(NC(CC)C(=O)OCC)CC1. The zero-order valence-electron chi connectivity index (χ0n) is 12.2. The van der Waals surface area contributed by atoms with Gasteiger partial charge >= 0.3 is 5.97 Å². The zero-order valence-corrected chi connectivity index (χ0v) is 12.2. The lowest BCUT2D eigenvalue weighted by molar-refractivity contribution is -0.146. The minimum absolute atomic E-state index is 0.0873. The fourth-order valence-corrected chi connectivity index (χ4v) is 2.91. The Labute approximate surface area is 112 Å². The normalized spacial score (nSPS) is 25.7. The number of esters is 1. The lowest BCUT2D eigenvalue weighted by Crippen LogP contribution is -2.45. The van der Waals surface area contributed by atoms with Crippen LogP contribution in [-0.4, -0.2) is 24.7 Å². The molecule has 1 saturated carbocycles. The number of carbonyl (C=O) groups excluding carboxylic acids is 1. The van der Waals surface area contributed by atoms with Crippen molar-refractivity contribution in [3.8, 4) is 0 Å². The molecule has 0 aromatic carbocycles. The largest absolute Gasteiger partial charge is 0.465 e. The summed E-state index contributed by atoms with van der Waals surface area (Å²) in [6.45, 7) is 6.64. The standard InChI is InChI=1S/C15H29NO2/c1-4-7-12-8-10-13(11-9-12)16-14(5-2)15(17)18-6-3/h12-14,16H,4-11H2,1-3H3. The molecule has 106 valence electrons. The summed E-state index contributed by atoms with van der Waals surface area (Å²) in [5.41, 5.74) is 0. The number of ether oxygens (including phenoxy) is 1. The van der Waals surface area contributed by atoms with E-state index in [-0.39, 0.29) is 12.0 Å². The van der Waals surface area contributed by atoms with Crippen LogP contribution in [0.3, 0.4) is 0 Å². The highest BCUT2D eigenvalue weighted by atomic mass is 16.5. The van der Waals surface area contributed by atoms with Crippen LogP contribution >= 0.6 is 0 Å². The van der Waals surface area contributed by atoms with Gasteiger partial charge in [0.15, 0.2) is 0 Å². The molecule has 1 unspecified atom stereocenters. The van der Waals surface area contributed by atoms with Crippen molar-refractivity contribution in [1.82, 2.24) is 5.32 Å². The van der Waals surface area contributed by atoms with E-state index in [2.05, 4.69) is 12.2 Å². The molecule has 0 aliphatic heterocycles. The van der Waals surface area contributed by atoms with Crippen LogP contribution in [0.4, 0.5) is 0 Å². The third-order valence-corrected chi connectivity index (χ3v) is 3.96. The molecule has 1 fully saturated rings. The van der Waals surface area contributed by atoms with Gasteiger partial charge in [-0.15, -0.1) is 0 Å². The van der Waals surface area contributed by atoms with E-state index in [0.717, 1.165) is 12.3 Å². The molecule has 0 aromatic heterocycles. The van der Waals surface area contributed by atoms with Crippen LogP contribution in [0.15, 0.2) is 0 Å². The number of hydrogen-bond donors (Lipinski definition) is 1. The second-order valence-electron chi connectivity index (χ2n) is 5.39. The topological polar surface area (TPSA) is 38.3 Å². The molecule has 0 bridgehead atoms. The van der Waals surface area contributed by atoms with Gasteiger partial charge in [0, 0.05) is 6.04 Å². The summed E-state index contributed by atoms with van der Waals surface area (Å²) >= 11 is 0. The van der Waals surface area contributed by atoms with Crippen molar-refractivity contribution in [2.24, 2.45) is 5.92 Å². The summed E-state index contributed by atoms with van der Waals surface area (Å²) in [6, 6.07) is 0.394. The molecule has 3 heteroatoms. The van der Waals surface area contributed by atoms with Gasteiger partial charge in [-0.1, -0.05) is 26.7 Å². The molecule has 0 amide bonds. The van der Waals surface area contributed by atoms with Gasteiger partial charge in [-0.3, -0.25) is 4.79 Å². The van der Waals surface area contributed by atoms with Crippen molar-refractivity contribution in [1.29, 1.82) is 0 Å². The summed E-state index contributed by atoms with van der Waals surface area (Å²) in [5.74, 6) is 0.825. The molecular formula is C15H29NO2. The van der Waals surface area contributed by atoms with Gasteiger partial charge in [0.2, 0.25) is 0 Å². The average molecular weight is 255 g/mol. The van der Waals surface area contributed by atoms with E-state index in [1.165, 1.54) is 38.5 Å². The van der Waals surface area contributed by atoms with Gasteiger partial charge < -0.3 is 10.1 Å². The highest BCUT2D eigenvalue weighted by molar-refractivity contribution is 5.75. The molecule has 18 heavy (non-hydrogen) atoms. The van der Waals surface area contributed by atoms with Crippen molar-refractivity contribution in [3.05, 3.63) is 0 Å². The maximum Gasteiger partial charge on any atom is 0.323 e. The molecule has 1 rings (SSSR count). The molecular weight excluding hydrogens is 226 g/mol. The van der Waals surface area contributed by atoms with E-state index in [1.54, 1.807) is 0 Å². The summed E-state index contributed by atoms with van der Waals surface area (Å²) < 4.78 is 5.09. The Morgan fingerprint density at radius 2 is 1.89 bits per heavy atom. The molecule has 0 radical (unpaired) electrons. The van der Waals surface area contributed by atoms with Crippen LogP contribution in [0, 0.1) is 5.92 Å². The van der Waals surface area contributed by atoms with E-state index >= 15 is 0 Å². The first-order valence-electron chi connectivity index (χ1n) is 7.63. The smallest absolute Gasteiger partial charge is 0.323 e. The van der Waals surface area contributed by atoms with E-state index < -0.39 is 0 Å². The molecule has 0 spiro atoms. The third-order valence-electron chi connectivity index (χ3n) is 3.96. The first-order valence-corrected chi connectivity index (χ1v) is 7.63. The molecule has 0 heterocycles. The van der Waals surface area contributed by atoms with E-state index in [9.17, 15) is 4.79 Å². The Morgan fingerprint density at radius 3 is 2.39 bits per heavy atom. The molecule has 1 N–H and O–H groups in total. The predicted molar refractivity (Wildman–Crippen MR) is 74.5 cm³/mol. The Hall–Kier alpha value is -0.570. The highest BCUT2D eigenvalue weighted by Crippen LogP contribution is 2.28.